The maximum atomic E-state index is 13.2. The van der Waals surface area contributed by atoms with E-state index in [0.717, 1.165) is 25.0 Å². The van der Waals surface area contributed by atoms with Crippen molar-refractivity contribution in [2.75, 3.05) is 0 Å². The molecule has 1 aliphatic carbocycles. The third kappa shape index (κ3) is 3.61. The summed E-state index contributed by atoms with van der Waals surface area (Å²) in [5.41, 5.74) is 0.440. The molecule has 1 amide bonds. The summed E-state index contributed by atoms with van der Waals surface area (Å²) in [5.74, 6) is -4.46. The molecule has 1 aromatic rings. The quantitative estimate of drug-likeness (QED) is 0.898. The van der Waals surface area contributed by atoms with E-state index in [1.54, 1.807) is 6.92 Å². The van der Waals surface area contributed by atoms with Crippen LogP contribution in [0.2, 0.25) is 0 Å². The number of aliphatic carboxylic acids is 1. The van der Waals surface area contributed by atoms with Crippen LogP contribution in [0.4, 0.5) is 8.78 Å². The lowest BCUT2D eigenvalue weighted by atomic mass is 9.78. The molecule has 1 saturated carbocycles. The molecular formula is C16H19F2NO3. The Hall–Kier alpha value is -1.98. The van der Waals surface area contributed by atoms with Gasteiger partial charge in [-0.3, -0.25) is 9.59 Å². The van der Waals surface area contributed by atoms with Crippen molar-refractivity contribution >= 4 is 11.9 Å². The number of carbonyl (C=O) groups is 2. The third-order valence-electron chi connectivity index (χ3n) is 4.22. The first-order valence-electron chi connectivity index (χ1n) is 7.38. The van der Waals surface area contributed by atoms with Crippen molar-refractivity contribution in [3.63, 3.8) is 0 Å². The van der Waals surface area contributed by atoms with Crippen LogP contribution in [-0.2, 0) is 9.59 Å². The topological polar surface area (TPSA) is 66.4 Å². The smallest absolute Gasteiger partial charge is 0.307 e. The number of carboxylic acid groups (broad SMARTS) is 1. The summed E-state index contributed by atoms with van der Waals surface area (Å²) in [6.45, 7) is 1.66. The number of benzene rings is 1. The van der Waals surface area contributed by atoms with Crippen molar-refractivity contribution in [1.29, 1.82) is 0 Å². The van der Waals surface area contributed by atoms with Crippen LogP contribution in [0.1, 0.15) is 44.2 Å². The molecule has 120 valence electrons. The molecule has 0 unspecified atom stereocenters. The van der Waals surface area contributed by atoms with E-state index in [2.05, 4.69) is 5.32 Å². The molecule has 0 aliphatic heterocycles. The molecule has 0 bridgehead atoms. The molecule has 2 N–H and O–H groups in total. The molecule has 4 nitrogen and oxygen atoms in total. The van der Waals surface area contributed by atoms with Crippen molar-refractivity contribution in [3.05, 3.63) is 35.4 Å². The summed E-state index contributed by atoms with van der Waals surface area (Å²) in [6, 6.07) is 2.93. The van der Waals surface area contributed by atoms with E-state index in [9.17, 15) is 23.5 Å². The summed E-state index contributed by atoms with van der Waals surface area (Å²) in [4.78, 5) is 23.5. The van der Waals surface area contributed by atoms with Gasteiger partial charge in [-0.2, -0.15) is 0 Å². The molecule has 2 rings (SSSR count). The summed E-state index contributed by atoms with van der Waals surface area (Å²) in [5, 5.41) is 11.9. The molecule has 1 fully saturated rings. The summed E-state index contributed by atoms with van der Waals surface area (Å²) in [7, 11) is 0. The Morgan fingerprint density at radius 1 is 1.18 bits per heavy atom. The monoisotopic (exact) mass is 311 g/mol. The van der Waals surface area contributed by atoms with Gasteiger partial charge < -0.3 is 10.4 Å². The normalized spacial score (nSPS) is 22.9. The lowest BCUT2D eigenvalue weighted by molar-refractivity contribution is -0.149. The number of carbonyl (C=O) groups excluding carboxylic acids is 1. The van der Waals surface area contributed by atoms with Crippen LogP contribution in [0.15, 0.2) is 18.2 Å². The average Bonchev–Trinajstić information content (AvgIpc) is 2.49. The SMILES string of the molecule is C[C@H](NC(=O)[C@@H]1CCCC[C@H]1C(=O)O)c1ccc(F)c(F)c1. The average molecular weight is 311 g/mol. The van der Waals surface area contributed by atoms with Gasteiger partial charge in [-0.15, -0.1) is 0 Å². The van der Waals surface area contributed by atoms with Crippen LogP contribution < -0.4 is 5.32 Å². The summed E-state index contributed by atoms with van der Waals surface area (Å²) in [6.07, 6.45) is 2.65. The Labute approximate surface area is 127 Å². The zero-order valence-corrected chi connectivity index (χ0v) is 12.3. The highest BCUT2D eigenvalue weighted by atomic mass is 19.2. The van der Waals surface area contributed by atoms with Crippen LogP contribution in [0.25, 0.3) is 0 Å². The highest BCUT2D eigenvalue weighted by Gasteiger charge is 2.36. The van der Waals surface area contributed by atoms with Crippen LogP contribution in [0, 0.1) is 23.5 Å². The lowest BCUT2D eigenvalue weighted by Crippen LogP contribution is -2.40. The van der Waals surface area contributed by atoms with E-state index in [1.165, 1.54) is 6.07 Å². The Morgan fingerprint density at radius 2 is 1.82 bits per heavy atom. The third-order valence-corrected chi connectivity index (χ3v) is 4.22. The molecule has 3 atom stereocenters. The Morgan fingerprint density at radius 3 is 2.41 bits per heavy atom. The minimum absolute atomic E-state index is 0.343. The van der Waals surface area contributed by atoms with Crippen LogP contribution in [-0.4, -0.2) is 17.0 Å². The standard InChI is InChI=1S/C16H19F2NO3/c1-9(10-6-7-13(17)14(18)8-10)19-15(20)11-4-2-3-5-12(11)16(21)22/h6-9,11-12H,2-5H2,1H3,(H,19,20)(H,21,22)/t9-,11+,12+/m0/s1. The second-order valence-electron chi connectivity index (χ2n) is 5.74. The Bertz CT molecular complexity index is 577. The van der Waals surface area contributed by atoms with E-state index in [1.807, 2.05) is 0 Å². The van der Waals surface area contributed by atoms with Crippen LogP contribution in [0.3, 0.4) is 0 Å². The molecule has 0 heterocycles. The van der Waals surface area contributed by atoms with Gasteiger partial charge in [-0.25, -0.2) is 8.78 Å². The number of hydrogen-bond donors (Lipinski definition) is 2. The van der Waals surface area contributed by atoms with Crippen molar-refractivity contribution in [2.45, 2.75) is 38.6 Å². The largest absolute Gasteiger partial charge is 0.481 e. The second-order valence-corrected chi connectivity index (χ2v) is 5.74. The van der Waals surface area contributed by atoms with Crippen LogP contribution >= 0.6 is 0 Å². The summed E-state index contributed by atoms with van der Waals surface area (Å²) >= 11 is 0. The number of nitrogens with one attached hydrogen (secondary N) is 1. The van der Waals surface area contributed by atoms with E-state index in [4.69, 9.17) is 0 Å². The molecule has 0 aromatic heterocycles. The Kier molecular flexibility index (Phi) is 5.11. The molecular weight excluding hydrogens is 292 g/mol. The maximum Gasteiger partial charge on any atom is 0.307 e. The minimum Gasteiger partial charge on any atom is -0.481 e. The molecule has 1 aromatic carbocycles. The fourth-order valence-electron chi connectivity index (χ4n) is 2.93. The lowest BCUT2D eigenvalue weighted by Gasteiger charge is -2.28. The molecule has 0 saturated heterocycles. The van der Waals surface area contributed by atoms with Gasteiger partial charge in [0.1, 0.15) is 0 Å². The van der Waals surface area contributed by atoms with E-state index < -0.39 is 35.5 Å². The van der Waals surface area contributed by atoms with E-state index >= 15 is 0 Å². The number of rotatable bonds is 4. The maximum absolute atomic E-state index is 13.2. The highest BCUT2D eigenvalue weighted by Crippen LogP contribution is 2.31. The molecule has 1 aliphatic rings. The predicted molar refractivity (Wildman–Crippen MR) is 76.0 cm³/mol. The minimum atomic E-state index is -0.973. The van der Waals surface area contributed by atoms with Crippen molar-refractivity contribution in [3.8, 4) is 0 Å². The van der Waals surface area contributed by atoms with Gasteiger partial charge in [-0.1, -0.05) is 18.9 Å². The van der Waals surface area contributed by atoms with Gasteiger partial charge in [0.2, 0.25) is 5.91 Å². The zero-order chi connectivity index (χ0) is 16.3. The first-order chi connectivity index (χ1) is 10.4. The van der Waals surface area contributed by atoms with Crippen molar-refractivity contribution < 1.29 is 23.5 Å². The predicted octanol–water partition coefficient (Wildman–Crippen LogP) is 3.03. The van der Waals surface area contributed by atoms with Gasteiger partial charge >= 0.3 is 5.97 Å². The van der Waals surface area contributed by atoms with Gasteiger partial charge in [0.05, 0.1) is 17.9 Å². The van der Waals surface area contributed by atoms with Crippen molar-refractivity contribution in [2.24, 2.45) is 11.8 Å². The first-order valence-corrected chi connectivity index (χ1v) is 7.38. The van der Waals surface area contributed by atoms with Gasteiger partial charge in [0.25, 0.3) is 0 Å². The van der Waals surface area contributed by atoms with Gasteiger partial charge in [0.15, 0.2) is 11.6 Å². The highest BCUT2D eigenvalue weighted by molar-refractivity contribution is 5.85. The van der Waals surface area contributed by atoms with Crippen molar-refractivity contribution in [1.82, 2.24) is 5.32 Å². The number of hydrogen-bond acceptors (Lipinski definition) is 2. The van der Waals surface area contributed by atoms with Crippen LogP contribution in [0.5, 0.6) is 0 Å². The molecule has 6 heteroatoms. The Balaban J connectivity index is 2.06. The summed E-state index contributed by atoms with van der Waals surface area (Å²) < 4.78 is 26.2. The second kappa shape index (κ2) is 6.85. The molecule has 22 heavy (non-hydrogen) atoms. The van der Waals surface area contributed by atoms with E-state index in [0.29, 0.717) is 18.4 Å². The fraction of sp³-hybridized carbons (Fsp3) is 0.500. The first kappa shape index (κ1) is 16.4. The zero-order valence-electron chi connectivity index (χ0n) is 12.3. The van der Waals surface area contributed by atoms with Gasteiger partial charge in [-0.05, 0) is 37.5 Å². The fourth-order valence-corrected chi connectivity index (χ4v) is 2.93. The number of amides is 1. The molecule has 0 spiro atoms. The molecule has 0 radical (unpaired) electrons. The van der Waals surface area contributed by atoms with Gasteiger partial charge in [0, 0.05) is 0 Å². The number of halogens is 2. The van der Waals surface area contributed by atoms with E-state index in [-0.39, 0.29) is 5.91 Å². The number of carboxylic acids is 1.